The van der Waals surface area contributed by atoms with Crippen molar-refractivity contribution < 1.29 is 4.79 Å². The van der Waals surface area contributed by atoms with Crippen molar-refractivity contribution in [1.29, 1.82) is 0 Å². The maximum atomic E-state index is 10.9. The first-order chi connectivity index (χ1) is 8.00. The van der Waals surface area contributed by atoms with Crippen molar-refractivity contribution in [2.24, 2.45) is 17.4 Å². The van der Waals surface area contributed by atoms with Gasteiger partial charge < -0.3 is 16.4 Å². The lowest BCUT2D eigenvalue weighted by Gasteiger charge is -2.31. The van der Waals surface area contributed by atoms with Crippen LogP contribution >= 0.6 is 0 Å². The van der Waals surface area contributed by atoms with Crippen LogP contribution in [0.4, 0.5) is 0 Å². The average Bonchev–Trinajstić information content (AvgIpc) is 2.76. The largest absolute Gasteiger partial charge is 0.368 e. The molecule has 0 bridgehead atoms. The summed E-state index contributed by atoms with van der Waals surface area (Å²) in [6.07, 6.45) is 5.93. The fraction of sp³-hybridized carbons (Fsp3) is 0.923. The summed E-state index contributed by atoms with van der Waals surface area (Å²) in [5.41, 5.74) is 10.9. The van der Waals surface area contributed by atoms with Gasteiger partial charge in [0.1, 0.15) is 0 Å². The van der Waals surface area contributed by atoms with Crippen LogP contribution in [0.5, 0.6) is 0 Å². The molecule has 0 saturated heterocycles. The van der Waals surface area contributed by atoms with Gasteiger partial charge in [0, 0.05) is 19.1 Å². The number of carbonyl (C=O) groups is 1. The highest BCUT2D eigenvalue weighted by atomic mass is 16.1. The van der Waals surface area contributed by atoms with E-state index in [-0.39, 0.29) is 5.91 Å². The monoisotopic (exact) mass is 241 g/mol. The van der Waals surface area contributed by atoms with Crippen molar-refractivity contribution in [2.75, 3.05) is 13.1 Å². The second kappa shape index (κ2) is 6.97. The van der Waals surface area contributed by atoms with Crippen LogP contribution in [0.2, 0.25) is 0 Å². The molecule has 0 aromatic rings. The molecular formula is C13H27N3O. The number of hydrogen-bond acceptors (Lipinski definition) is 3. The normalized spacial score (nSPS) is 19.1. The number of hydrogen-bond donors (Lipinski definition) is 2. The Labute approximate surface area is 105 Å². The minimum atomic E-state index is -0.494. The smallest absolute Gasteiger partial charge is 0.234 e. The van der Waals surface area contributed by atoms with Crippen LogP contribution in [0.3, 0.4) is 0 Å². The summed E-state index contributed by atoms with van der Waals surface area (Å²) >= 11 is 0. The molecule has 1 fully saturated rings. The summed E-state index contributed by atoms with van der Waals surface area (Å²) in [5, 5.41) is 0. The van der Waals surface area contributed by atoms with Gasteiger partial charge in [0.2, 0.25) is 5.91 Å². The molecule has 1 aliphatic carbocycles. The Morgan fingerprint density at radius 2 is 1.94 bits per heavy atom. The van der Waals surface area contributed by atoms with E-state index in [1.807, 2.05) is 0 Å². The second-order valence-electron chi connectivity index (χ2n) is 5.62. The van der Waals surface area contributed by atoms with Crippen molar-refractivity contribution in [1.82, 2.24) is 4.90 Å². The zero-order valence-corrected chi connectivity index (χ0v) is 11.2. The standard InChI is InChI=1S/C13H27N3O/c1-10(2)9-16(11-5-3-4-6-11)8-7-12(14)13(15)17/h10-12H,3-9,14H2,1-2H3,(H2,15,17). The predicted octanol–water partition coefficient (Wildman–Crippen LogP) is 1.09. The minimum absolute atomic E-state index is 0.388. The van der Waals surface area contributed by atoms with Crippen LogP contribution < -0.4 is 11.5 Å². The van der Waals surface area contributed by atoms with Crippen molar-refractivity contribution in [2.45, 2.75) is 58.0 Å². The Morgan fingerprint density at radius 3 is 2.41 bits per heavy atom. The van der Waals surface area contributed by atoms with E-state index in [0.29, 0.717) is 18.4 Å². The summed E-state index contributed by atoms with van der Waals surface area (Å²) in [5.74, 6) is 0.265. The molecule has 1 atom stereocenters. The highest BCUT2D eigenvalue weighted by Gasteiger charge is 2.23. The number of primary amides is 1. The maximum Gasteiger partial charge on any atom is 0.234 e. The molecule has 1 amide bonds. The van der Waals surface area contributed by atoms with Crippen LogP contribution in [-0.4, -0.2) is 36.0 Å². The van der Waals surface area contributed by atoms with Crippen molar-refractivity contribution in [3.8, 4) is 0 Å². The molecule has 1 rings (SSSR count). The average molecular weight is 241 g/mol. The lowest BCUT2D eigenvalue weighted by molar-refractivity contribution is -0.119. The van der Waals surface area contributed by atoms with Gasteiger partial charge in [-0.05, 0) is 25.2 Å². The van der Waals surface area contributed by atoms with E-state index in [1.165, 1.54) is 25.7 Å². The van der Waals surface area contributed by atoms with Crippen LogP contribution in [-0.2, 0) is 4.79 Å². The number of amides is 1. The topological polar surface area (TPSA) is 72.3 Å². The molecular weight excluding hydrogens is 214 g/mol. The molecule has 4 N–H and O–H groups in total. The molecule has 0 aromatic heterocycles. The third kappa shape index (κ3) is 5.04. The van der Waals surface area contributed by atoms with Gasteiger partial charge in [-0.15, -0.1) is 0 Å². The molecule has 100 valence electrons. The highest BCUT2D eigenvalue weighted by molar-refractivity contribution is 5.79. The van der Waals surface area contributed by atoms with Crippen molar-refractivity contribution in [3.05, 3.63) is 0 Å². The molecule has 0 aliphatic heterocycles. The summed E-state index contributed by atoms with van der Waals surface area (Å²) in [4.78, 5) is 13.4. The third-order valence-corrected chi connectivity index (χ3v) is 3.53. The lowest BCUT2D eigenvalue weighted by atomic mass is 10.1. The second-order valence-corrected chi connectivity index (χ2v) is 5.62. The van der Waals surface area contributed by atoms with Gasteiger partial charge >= 0.3 is 0 Å². The Morgan fingerprint density at radius 1 is 1.35 bits per heavy atom. The molecule has 1 saturated carbocycles. The Balaban J connectivity index is 2.42. The first-order valence-electron chi connectivity index (χ1n) is 6.79. The van der Waals surface area contributed by atoms with Gasteiger partial charge in [-0.1, -0.05) is 26.7 Å². The molecule has 0 spiro atoms. The molecule has 1 aliphatic rings. The number of nitrogens with two attached hydrogens (primary N) is 2. The van der Waals surface area contributed by atoms with E-state index in [4.69, 9.17) is 11.5 Å². The summed E-state index contributed by atoms with van der Waals surface area (Å²) in [6.45, 7) is 6.45. The molecule has 4 heteroatoms. The number of nitrogens with zero attached hydrogens (tertiary/aromatic N) is 1. The van der Waals surface area contributed by atoms with Crippen molar-refractivity contribution >= 4 is 5.91 Å². The summed E-state index contributed by atoms with van der Waals surface area (Å²) in [6, 6.07) is 0.198. The molecule has 0 radical (unpaired) electrons. The molecule has 4 nitrogen and oxygen atoms in total. The van der Waals surface area contributed by atoms with E-state index in [1.54, 1.807) is 0 Å². The molecule has 0 heterocycles. The van der Waals surface area contributed by atoms with Gasteiger partial charge in [0.05, 0.1) is 6.04 Å². The zero-order valence-electron chi connectivity index (χ0n) is 11.2. The SMILES string of the molecule is CC(C)CN(CCC(N)C(N)=O)C1CCCC1. The number of rotatable bonds is 7. The van der Waals surface area contributed by atoms with E-state index in [2.05, 4.69) is 18.7 Å². The van der Waals surface area contributed by atoms with E-state index in [0.717, 1.165) is 13.1 Å². The fourth-order valence-electron chi connectivity index (χ4n) is 2.61. The molecule has 17 heavy (non-hydrogen) atoms. The zero-order chi connectivity index (χ0) is 12.8. The molecule has 0 aromatic carbocycles. The van der Waals surface area contributed by atoms with Gasteiger partial charge in [0.25, 0.3) is 0 Å². The van der Waals surface area contributed by atoms with Crippen LogP contribution in [0.15, 0.2) is 0 Å². The van der Waals surface area contributed by atoms with Crippen LogP contribution in [0.1, 0.15) is 46.0 Å². The van der Waals surface area contributed by atoms with Crippen LogP contribution in [0, 0.1) is 5.92 Å². The Kier molecular flexibility index (Phi) is 5.92. The fourth-order valence-corrected chi connectivity index (χ4v) is 2.61. The van der Waals surface area contributed by atoms with E-state index >= 15 is 0 Å². The molecule has 1 unspecified atom stereocenters. The van der Waals surface area contributed by atoms with E-state index in [9.17, 15) is 4.79 Å². The van der Waals surface area contributed by atoms with Crippen LogP contribution in [0.25, 0.3) is 0 Å². The van der Waals surface area contributed by atoms with Gasteiger partial charge in [-0.2, -0.15) is 0 Å². The highest BCUT2D eigenvalue weighted by Crippen LogP contribution is 2.24. The maximum absolute atomic E-state index is 10.9. The van der Waals surface area contributed by atoms with E-state index < -0.39 is 6.04 Å². The Hall–Kier alpha value is -0.610. The third-order valence-electron chi connectivity index (χ3n) is 3.53. The summed E-state index contributed by atoms with van der Waals surface area (Å²) in [7, 11) is 0. The predicted molar refractivity (Wildman–Crippen MR) is 70.5 cm³/mol. The first kappa shape index (κ1) is 14.5. The Bertz CT molecular complexity index is 237. The summed E-state index contributed by atoms with van der Waals surface area (Å²) < 4.78 is 0. The van der Waals surface area contributed by atoms with Gasteiger partial charge in [0.15, 0.2) is 0 Å². The lowest BCUT2D eigenvalue weighted by Crippen LogP contribution is -2.43. The van der Waals surface area contributed by atoms with Gasteiger partial charge in [-0.25, -0.2) is 0 Å². The van der Waals surface area contributed by atoms with Gasteiger partial charge in [-0.3, -0.25) is 4.79 Å². The quantitative estimate of drug-likeness (QED) is 0.701. The minimum Gasteiger partial charge on any atom is -0.368 e. The number of carbonyl (C=O) groups excluding carboxylic acids is 1. The first-order valence-corrected chi connectivity index (χ1v) is 6.79. The van der Waals surface area contributed by atoms with Crippen molar-refractivity contribution in [3.63, 3.8) is 0 Å².